The Morgan fingerprint density at radius 2 is 1.50 bits per heavy atom. The molecule has 1 aliphatic carbocycles. The van der Waals surface area contributed by atoms with Gasteiger partial charge in [-0.25, -0.2) is 9.78 Å². The van der Waals surface area contributed by atoms with Gasteiger partial charge in [0.2, 0.25) is 5.95 Å². The lowest BCUT2D eigenvalue weighted by molar-refractivity contribution is -0.192. The van der Waals surface area contributed by atoms with Crippen LogP contribution in [0.3, 0.4) is 0 Å². The molecule has 0 unspecified atom stereocenters. The molecular formula is C27H32F3N5O5. The summed E-state index contributed by atoms with van der Waals surface area (Å²) in [6.45, 7) is 0. The number of halogens is 3. The normalized spacial score (nSPS) is 16.8. The number of nitrogens with one attached hydrogen (secondary N) is 2. The van der Waals surface area contributed by atoms with Crippen molar-refractivity contribution in [2.24, 2.45) is 0 Å². The van der Waals surface area contributed by atoms with E-state index in [0.717, 1.165) is 42.4 Å². The molecule has 0 spiro atoms. The predicted molar refractivity (Wildman–Crippen MR) is 144 cm³/mol. The van der Waals surface area contributed by atoms with Gasteiger partial charge in [0.05, 0.1) is 19.7 Å². The number of carboxylic acid groups (broad SMARTS) is 1. The molecule has 0 bridgehead atoms. The number of alkyl halides is 3. The van der Waals surface area contributed by atoms with E-state index in [2.05, 4.69) is 10.6 Å². The fraction of sp³-hybridized carbons (Fsp3) is 0.407. The molecule has 13 heteroatoms. The van der Waals surface area contributed by atoms with Gasteiger partial charge < -0.3 is 30.1 Å². The molecule has 3 N–H and O–H groups in total. The number of nitrogens with zero attached hydrogens (tertiary/aromatic N) is 3. The maximum atomic E-state index is 12.8. The SMILES string of the molecule is COc1cc(OC)cc(C(=O)NC2CCC(Nc3nc(N(C)C)c4ccccc4n3)CC2)c1.O=C(O)C(F)(F)F. The summed E-state index contributed by atoms with van der Waals surface area (Å²) in [5.41, 5.74) is 1.46. The highest BCUT2D eigenvalue weighted by molar-refractivity contribution is 5.95. The number of rotatable bonds is 7. The third-order valence-electron chi connectivity index (χ3n) is 6.26. The van der Waals surface area contributed by atoms with E-state index >= 15 is 0 Å². The Hall–Kier alpha value is -4.29. The number of anilines is 2. The Labute approximate surface area is 229 Å². The van der Waals surface area contributed by atoms with E-state index in [0.29, 0.717) is 23.0 Å². The zero-order chi connectivity index (χ0) is 29.4. The lowest BCUT2D eigenvalue weighted by atomic mass is 9.91. The molecule has 2 aromatic carbocycles. The van der Waals surface area contributed by atoms with Crippen molar-refractivity contribution in [2.75, 3.05) is 38.5 Å². The Bertz CT molecular complexity index is 1310. The zero-order valence-electron chi connectivity index (χ0n) is 22.6. The van der Waals surface area contributed by atoms with Gasteiger partial charge >= 0.3 is 12.1 Å². The van der Waals surface area contributed by atoms with E-state index in [1.54, 1.807) is 32.4 Å². The average molecular weight is 564 g/mol. The number of fused-ring (bicyclic) bond motifs is 1. The van der Waals surface area contributed by atoms with Crippen LogP contribution >= 0.6 is 0 Å². The van der Waals surface area contributed by atoms with E-state index in [9.17, 15) is 18.0 Å². The average Bonchev–Trinajstić information content (AvgIpc) is 2.93. The number of para-hydroxylation sites is 1. The Morgan fingerprint density at radius 1 is 0.950 bits per heavy atom. The first-order valence-corrected chi connectivity index (χ1v) is 12.5. The van der Waals surface area contributed by atoms with Crippen molar-refractivity contribution in [1.82, 2.24) is 15.3 Å². The molecule has 3 aromatic rings. The van der Waals surface area contributed by atoms with Crippen molar-refractivity contribution in [3.63, 3.8) is 0 Å². The Morgan fingerprint density at radius 3 is 2.02 bits per heavy atom. The maximum absolute atomic E-state index is 12.8. The van der Waals surface area contributed by atoms with Crippen LogP contribution in [0.1, 0.15) is 36.0 Å². The van der Waals surface area contributed by atoms with Crippen molar-refractivity contribution >= 4 is 34.5 Å². The summed E-state index contributed by atoms with van der Waals surface area (Å²) < 4.78 is 42.3. The Kier molecular flexibility index (Phi) is 9.97. The third kappa shape index (κ3) is 8.10. The molecule has 4 rings (SSSR count). The highest BCUT2D eigenvalue weighted by Crippen LogP contribution is 2.27. The van der Waals surface area contributed by atoms with E-state index in [1.165, 1.54) is 0 Å². The van der Waals surface area contributed by atoms with Crippen LogP contribution in [0.25, 0.3) is 10.9 Å². The van der Waals surface area contributed by atoms with Gasteiger partial charge in [0.1, 0.15) is 17.3 Å². The van der Waals surface area contributed by atoms with Gasteiger partial charge in [-0.05, 0) is 49.9 Å². The molecule has 216 valence electrons. The lowest BCUT2D eigenvalue weighted by Crippen LogP contribution is -2.40. The number of aromatic nitrogens is 2. The molecule has 1 aromatic heterocycles. The minimum absolute atomic E-state index is 0.114. The first-order valence-electron chi connectivity index (χ1n) is 12.5. The monoisotopic (exact) mass is 563 g/mol. The highest BCUT2D eigenvalue weighted by Gasteiger charge is 2.38. The van der Waals surface area contributed by atoms with Gasteiger partial charge in [0, 0.05) is 43.2 Å². The molecule has 0 radical (unpaired) electrons. The molecule has 40 heavy (non-hydrogen) atoms. The summed E-state index contributed by atoms with van der Waals surface area (Å²) in [5.74, 6) is -0.129. The lowest BCUT2D eigenvalue weighted by Gasteiger charge is -2.30. The van der Waals surface area contributed by atoms with E-state index in [-0.39, 0.29) is 18.0 Å². The predicted octanol–water partition coefficient (Wildman–Crippen LogP) is 4.50. The largest absolute Gasteiger partial charge is 0.497 e. The number of benzene rings is 2. The summed E-state index contributed by atoms with van der Waals surface area (Å²) in [7, 11) is 7.13. The third-order valence-corrected chi connectivity index (χ3v) is 6.26. The first-order chi connectivity index (χ1) is 18.9. The topological polar surface area (TPSA) is 126 Å². The van der Waals surface area contributed by atoms with Crippen molar-refractivity contribution in [3.8, 4) is 11.5 Å². The number of carbonyl (C=O) groups is 2. The van der Waals surface area contributed by atoms with Crippen molar-refractivity contribution in [3.05, 3.63) is 48.0 Å². The smallest absolute Gasteiger partial charge is 0.490 e. The van der Waals surface area contributed by atoms with Crippen LogP contribution in [-0.2, 0) is 4.79 Å². The number of carboxylic acids is 1. The molecule has 1 saturated carbocycles. The fourth-order valence-corrected chi connectivity index (χ4v) is 4.24. The second-order valence-corrected chi connectivity index (χ2v) is 9.35. The molecule has 1 heterocycles. The minimum Gasteiger partial charge on any atom is -0.497 e. The number of methoxy groups -OCH3 is 2. The van der Waals surface area contributed by atoms with Gasteiger partial charge in [-0.3, -0.25) is 4.79 Å². The van der Waals surface area contributed by atoms with E-state index < -0.39 is 12.1 Å². The summed E-state index contributed by atoms with van der Waals surface area (Å²) in [4.78, 5) is 33.1. The van der Waals surface area contributed by atoms with Crippen LogP contribution in [0.5, 0.6) is 11.5 Å². The van der Waals surface area contributed by atoms with Crippen LogP contribution < -0.4 is 25.0 Å². The van der Waals surface area contributed by atoms with Crippen LogP contribution in [0.2, 0.25) is 0 Å². The standard InChI is InChI=1S/C25H31N5O3.C2HF3O2/c1-30(2)23-21-7-5-6-8-22(21)28-25(29-23)27-18-11-9-17(10-12-18)26-24(31)16-13-19(32-3)15-20(14-16)33-4;3-2(4,5)1(6)7/h5-8,13-15,17-18H,9-12H2,1-4H3,(H,26,31)(H,27,28,29);(H,6,7). The van der Waals surface area contributed by atoms with Gasteiger partial charge in [-0.15, -0.1) is 0 Å². The molecule has 1 fully saturated rings. The van der Waals surface area contributed by atoms with Gasteiger partial charge in [0.25, 0.3) is 5.91 Å². The quantitative estimate of drug-likeness (QED) is 0.381. The molecule has 1 aliphatic rings. The minimum atomic E-state index is -5.08. The van der Waals surface area contributed by atoms with Crippen molar-refractivity contribution in [1.29, 1.82) is 0 Å². The van der Waals surface area contributed by atoms with Crippen molar-refractivity contribution < 1.29 is 37.3 Å². The van der Waals surface area contributed by atoms with Crippen LogP contribution in [0.4, 0.5) is 24.9 Å². The fourth-order valence-electron chi connectivity index (χ4n) is 4.24. The van der Waals surface area contributed by atoms with Crippen LogP contribution in [0.15, 0.2) is 42.5 Å². The molecule has 0 aliphatic heterocycles. The molecule has 0 atom stereocenters. The number of aliphatic carboxylic acids is 1. The number of hydrogen-bond donors (Lipinski definition) is 3. The number of hydrogen-bond acceptors (Lipinski definition) is 8. The van der Waals surface area contributed by atoms with Crippen molar-refractivity contribution in [2.45, 2.75) is 43.9 Å². The summed E-state index contributed by atoms with van der Waals surface area (Å²) in [5, 5.41) is 14.8. The molecule has 1 amide bonds. The van der Waals surface area contributed by atoms with Gasteiger partial charge in [0.15, 0.2) is 0 Å². The van der Waals surface area contributed by atoms with E-state index in [1.807, 2.05) is 43.3 Å². The van der Waals surface area contributed by atoms with Crippen LogP contribution in [0, 0.1) is 0 Å². The number of amides is 1. The second-order valence-electron chi connectivity index (χ2n) is 9.35. The Balaban J connectivity index is 0.000000559. The molecular weight excluding hydrogens is 531 g/mol. The summed E-state index contributed by atoms with van der Waals surface area (Å²) >= 11 is 0. The number of ether oxygens (including phenoxy) is 2. The zero-order valence-corrected chi connectivity index (χ0v) is 22.6. The van der Waals surface area contributed by atoms with E-state index in [4.69, 9.17) is 29.3 Å². The molecule has 10 nitrogen and oxygen atoms in total. The van der Waals surface area contributed by atoms with Crippen LogP contribution in [-0.4, -0.2) is 73.5 Å². The first kappa shape index (κ1) is 30.3. The summed E-state index contributed by atoms with van der Waals surface area (Å²) in [6.07, 6.45) is -1.45. The summed E-state index contributed by atoms with van der Waals surface area (Å²) in [6, 6.07) is 13.6. The second kappa shape index (κ2) is 13.2. The number of carbonyl (C=O) groups excluding carboxylic acids is 1. The highest BCUT2D eigenvalue weighted by atomic mass is 19.4. The van der Waals surface area contributed by atoms with Gasteiger partial charge in [-0.2, -0.15) is 18.2 Å². The maximum Gasteiger partial charge on any atom is 0.490 e. The molecule has 0 saturated heterocycles. The van der Waals surface area contributed by atoms with Gasteiger partial charge in [-0.1, -0.05) is 12.1 Å².